The topological polar surface area (TPSA) is 34.1 Å². The SMILES string of the molecule is CCOc1ncc(Br)cc1CNCC(C)C. The van der Waals surface area contributed by atoms with Crippen molar-refractivity contribution >= 4 is 15.9 Å². The molecular weight excluding hydrogens is 268 g/mol. The van der Waals surface area contributed by atoms with Crippen LogP contribution in [0, 0.1) is 5.92 Å². The van der Waals surface area contributed by atoms with Crippen molar-refractivity contribution < 1.29 is 4.74 Å². The van der Waals surface area contributed by atoms with Crippen molar-refractivity contribution in [2.75, 3.05) is 13.2 Å². The van der Waals surface area contributed by atoms with Crippen LogP contribution in [0.25, 0.3) is 0 Å². The highest BCUT2D eigenvalue weighted by Crippen LogP contribution is 2.19. The number of pyridine rings is 1. The van der Waals surface area contributed by atoms with E-state index >= 15 is 0 Å². The molecule has 0 fully saturated rings. The van der Waals surface area contributed by atoms with E-state index in [0.717, 1.165) is 29.0 Å². The first kappa shape index (κ1) is 13.5. The maximum atomic E-state index is 5.48. The van der Waals surface area contributed by atoms with E-state index in [1.807, 2.05) is 13.0 Å². The van der Waals surface area contributed by atoms with E-state index in [4.69, 9.17) is 4.74 Å². The molecule has 0 aliphatic heterocycles. The predicted octanol–water partition coefficient (Wildman–Crippen LogP) is 2.99. The third kappa shape index (κ3) is 4.49. The second-order valence-corrected chi connectivity index (χ2v) is 4.99. The van der Waals surface area contributed by atoms with E-state index in [-0.39, 0.29) is 0 Å². The Bertz CT molecular complexity index is 329. The van der Waals surface area contributed by atoms with Gasteiger partial charge < -0.3 is 10.1 Å². The van der Waals surface area contributed by atoms with Crippen molar-refractivity contribution in [2.45, 2.75) is 27.3 Å². The number of nitrogens with zero attached hydrogens (tertiary/aromatic N) is 1. The second kappa shape index (κ2) is 6.86. The van der Waals surface area contributed by atoms with Crippen LogP contribution >= 0.6 is 15.9 Å². The third-order valence-electron chi connectivity index (χ3n) is 2.04. The molecule has 90 valence electrons. The summed E-state index contributed by atoms with van der Waals surface area (Å²) in [6.45, 7) is 8.78. The first-order valence-electron chi connectivity index (χ1n) is 5.61. The summed E-state index contributed by atoms with van der Waals surface area (Å²) in [5.41, 5.74) is 1.09. The van der Waals surface area contributed by atoms with Gasteiger partial charge in [-0.1, -0.05) is 13.8 Å². The first-order chi connectivity index (χ1) is 7.63. The van der Waals surface area contributed by atoms with Crippen molar-refractivity contribution in [3.05, 3.63) is 22.3 Å². The molecule has 1 aromatic rings. The normalized spacial score (nSPS) is 10.8. The van der Waals surface area contributed by atoms with Gasteiger partial charge in [-0.2, -0.15) is 0 Å². The van der Waals surface area contributed by atoms with Crippen LogP contribution in [0.5, 0.6) is 5.88 Å². The van der Waals surface area contributed by atoms with Crippen LogP contribution < -0.4 is 10.1 Å². The van der Waals surface area contributed by atoms with Gasteiger partial charge in [-0.15, -0.1) is 0 Å². The fourth-order valence-corrected chi connectivity index (χ4v) is 1.74. The van der Waals surface area contributed by atoms with Crippen molar-refractivity contribution in [1.29, 1.82) is 0 Å². The standard InChI is InChI=1S/C12H19BrN2O/c1-4-16-12-10(5-11(13)8-15-12)7-14-6-9(2)3/h5,8-9,14H,4,6-7H2,1-3H3. The molecule has 16 heavy (non-hydrogen) atoms. The lowest BCUT2D eigenvalue weighted by molar-refractivity contribution is 0.321. The average molecular weight is 287 g/mol. The quantitative estimate of drug-likeness (QED) is 0.873. The van der Waals surface area contributed by atoms with Gasteiger partial charge in [0, 0.05) is 22.8 Å². The number of hydrogen-bond donors (Lipinski definition) is 1. The van der Waals surface area contributed by atoms with Crippen LogP contribution in [0.4, 0.5) is 0 Å². The van der Waals surface area contributed by atoms with Gasteiger partial charge in [0.1, 0.15) is 0 Å². The summed E-state index contributed by atoms with van der Waals surface area (Å²) in [6, 6.07) is 2.05. The Morgan fingerprint density at radius 3 is 2.88 bits per heavy atom. The molecule has 0 atom stereocenters. The Hall–Kier alpha value is -0.610. The lowest BCUT2D eigenvalue weighted by Crippen LogP contribution is -2.19. The van der Waals surface area contributed by atoms with Gasteiger partial charge in [0.15, 0.2) is 0 Å². The lowest BCUT2D eigenvalue weighted by atomic mass is 10.2. The van der Waals surface area contributed by atoms with Gasteiger partial charge in [0.25, 0.3) is 0 Å². The zero-order valence-electron chi connectivity index (χ0n) is 10.1. The van der Waals surface area contributed by atoms with E-state index < -0.39 is 0 Å². The van der Waals surface area contributed by atoms with Crippen LogP contribution in [0.3, 0.4) is 0 Å². The summed E-state index contributed by atoms with van der Waals surface area (Å²) < 4.78 is 6.46. The summed E-state index contributed by atoms with van der Waals surface area (Å²) in [4.78, 5) is 4.26. The van der Waals surface area contributed by atoms with Gasteiger partial charge in [0.2, 0.25) is 5.88 Å². The highest BCUT2D eigenvalue weighted by molar-refractivity contribution is 9.10. The fourth-order valence-electron chi connectivity index (χ4n) is 1.36. The number of ether oxygens (including phenoxy) is 1. The molecule has 0 saturated heterocycles. The highest BCUT2D eigenvalue weighted by Gasteiger charge is 2.05. The first-order valence-corrected chi connectivity index (χ1v) is 6.40. The van der Waals surface area contributed by atoms with E-state index in [1.165, 1.54) is 0 Å². The lowest BCUT2D eigenvalue weighted by Gasteiger charge is -2.11. The van der Waals surface area contributed by atoms with Gasteiger partial charge in [0.05, 0.1) is 6.61 Å². The molecule has 3 nitrogen and oxygen atoms in total. The summed E-state index contributed by atoms with van der Waals surface area (Å²) in [5, 5.41) is 3.39. The van der Waals surface area contributed by atoms with Crippen LogP contribution in [0.1, 0.15) is 26.3 Å². The van der Waals surface area contributed by atoms with Crippen molar-refractivity contribution in [1.82, 2.24) is 10.3 Å². The molecule has 0 spiro atoms. The summed E-state index contributed by atoms with van der Waals surface area (Å²) in [7, 11) is 0. The molecule has 1 rings (SSSR count). The van der Waals surface area contributed by atoms with Gasteiger partial charge in [-0.3, -0.25) is 0 Å². The molecule has 0 bridgehead atoms. The van der Waals surface area contributed by atoms with Crippen LogP contribution in [0.15, 0.2) is 16.7 Å². The molecule has 1 aromatic heterocycles. The summed E-state index contributed by atoms with van der Waals surface area (Å²) in [6.07, 6.45) is 1.76. The monoisotopic (exact) mass is 286 g/mol. The van der Waals surface area contributed by atoms with E-state index in [0.29, 0.717) is 12.5 Å². The molecule has 0 aliphatic carbocycles. The van der Waals surface area contributed by atoms with E-state index in [2.05, 4.69) is 40.1 Å². The number of rotatable bonds is 6. The van der Waals surface area contributed by atoms with Gasteiger partial charge >= 0.3 is 0 Å². The average Bonchev–Trinajstić information content (AvgIpc) is 2.21. The van der Waals surface area contributed by atoms with E-state index in [1.54, 1.807) is 6.20 Å². The van der Waals surface area contributed by atoms with Crippen molar-refractivity contribution in [3.63, 3.8) is 0 Å². The third-order valence-corrected chi connectivity index (χ3v) is 2.47. The Morgan fingerprint density at radius 2 is 2.25 bits per heavy atom. The van der Waals surface area contributed by atoms with Crippen molar-refractivity contribution in [2.24, 2.45) is 5.92 Å². The predicted molar refractivity (Wildman–Crippen MR) is 69.7 cm³/mol. The number of aromatic nitrogens is 1. The summed E-state index contributed by atoms with van der Waals surface area (Å²) >= 11 is 3.42. The number of halogens is 1. The van der Waals surface area contributed by atoms with Crippen LogP contribution in [-0.2, 0) is 6.54 Å². The minimum absolute atomic E-state index is 0.645. The fraction of sp³-hybridized carbons (Fsp3) is 0.583. The zero-order valence-corrected chi connectivity index (χ0v) is 11.7. The smallest absolute Gasteiger partial charge is 0.217 e. The Balaban J connectivity index is 2.64. The van der Waals surface area contributed by atoms with Crippen LogP contribution in [-0.4, -0.2) is 18.1 Å². The number of nitrogens with one attached hydrogen (secondary N) is 1. The van der Waals surface area contributed by atoms with Gasteiger partial charge in [-0.25, -0.2) is 4.98 Å². The molecule has 0 saturated carbocycles. The molecule has 0 radical (unpaired) electrons. The highest BCUT2D eigenvalue weighted by atomic mass is 79.9. The van der Waals surface area contributed by atoms with E-state index in [9.17, 15) is 0 Å². The molecule has 1 heterocycles. The van der Waals surface area contributed by atoms with Gasteiger partial charge in [-0.05, 0) is 41.4 Å². The summed E-state index contributed by atoms with van der Waals surface area (Å²) in [5.74, 6) is 1.37. The zero-order chi connectivity index (χ0) is 12.0. The largest absolute Gasteiger partial charge is 0.478 e. The van der Waals surface area contributed by atoms with Crippen molar-refractivity contribution in [3.8, 4) is 5.88 Å². The minimum Gasteiger partial charge on any atom is -0.478 e. The maximum Gasteiger partial charge on any atom is 0.217 e. The molecule has 0 unspecified atom stereocenters. The molecule has 4 heteroatoms. The Labute approximate surface area is 106 Å². The Morgan fingerprint density at radius 1 is 1.50 bits per heavy atom. The molecule has 0 aromatic carbocycles. The molecule has 1 N–H and O–H groups in total. The number of hydrogen-bond acceptors (Lipinski definition) is 3. The Kier molecular flexibility index (Phi) is 5.77. The van der Waals surface area contributed by atoms with Crippen LogP contribution in [0.2, 0.25) is 0 Å². The minimum atomic E-state index is 0.645. The maximum absolute atomic E-state index is 5.48. The molecule has 0 amide bonds. The molecular formula is C12H19BrN2O. The second-order valence-electron chi connectivity index (χ2n) is 4.08. The molecule has 0 aliphatic rings.